The van der Waals surface area contributed by atoms with Gasteiger partial charge in [-0.3, -0.25) is 4.79 Å². The number of halogens is 1. The van der Waals surface area contributed by atoms with Gasteiger partial charge in [-0.1, -0.05) is 19.1 Å². The molecule has 1 aromatic carbocycles. The van der Waals surface area contributed by atoms with Gasteiger partial charge >= 0.3 is 0 Å². The van der Waals surface area contributed by atoms with Gasteiger partial charge in [-0.05, 0) is 36.2 Å². The minimum Gasteiger partial charge on any atom is -0.302 e. The number of thiazole rings is 1. The van der Waals surface area contributed by atoms with Crippen molar-refractivity contribution in [2.45, 2.75) is 19.8 Å². The van der Waals surface area contributed by atoms with Crippen molar-refractivity contribution < 1.29 is 9.18 Å². The molecule has 0 bridgehead atoms. The Morgan fingerprint density at radius 3 is 2.87 bits per heavy atom. The standard InChI is InChI=1S/C17H15FN2OS2/c1-2-4-16(21)20-17-19-13(10-22-17)15-8-7-14(23-15)11-5-3-6-12(18)9-11/h3,5-10H,2,4H2,1H3,(H,19,20,21). The summed E-state index contributed by atoms with van der Waals surface area (Å²) in [6, 6.07) is 10.5. The summed E-state index contributed by atoms with van der Waals surface area (Å²) in [4.78, 5) is 18.0. The number of anilines is 1. The third-order valence-electron chi connectivity index (χ3n) is 3.20. The Morgan fingerprint density at radius 2 is 2.09 bits per heavy atom. The van der Waals surface area contributed by atoms with E-state index in [4.69, 9.17) is 0 Å². The lowest BCUT2D eigenvalue weighted by Gasteiger charge is -1.98. The summed E-state index contributed by atoms with van der Waals surface area (Å²) in [6.07, 6.45) is 1.31. The van der Waals surface area contributed by atoms with Gasteiger partial charge in [0, 0.05) is 16.7 Å². The monoisotopic (exact) mass is 346 g/mol. The molecule has 2 aromatic heterocycles. The number of rotatable bonds is 5. The summed E-state index contributed by atoms with van der Waals surface area (Å²) in [5, 5.41) is 5.33. The predicted octanol–water partition coefficient (Wildman–Crippen LogP) is 5.42. The van der Waals surface area contributed by atoms with E-state index in [-0.39, 0.29) is 11.7 Å². The van der Waals surface area contributed by atoms with Gasteiger partial charge in [-0.25, -0.2) is 9.37 Å². The Morgan fingerprint density at radius 1 is 1.26 bits per heavy atom. The summed E-state index contributed by atoms with van der Waals surface area (Å²) >= 11 is 2.96. The van der Waals surface area contributed by atoms with E-state index in [1.165, 1.54) is 23.5 Å². The zero-order chi connectivity index (χ0) is 16.2. The van der Waals surface area contributed by atoms with Crippen LogP contribution in [0.1, 0.15) is 19.8 Å². The molecule has 0 spiro atoms. The number of thiophene rings is 1. The minimum atomic E-state index is -0.243. The van der Waals surface area contributed by atoms with Crippen LogP contribution < -0.4 is 5.32 Å². The molecule has 0 unspecified atom stereocenters. The molecule has 0 aliphatic carbocycles. The first-order valence-corrected chi connectivity index (χ1v) is 8.97. The lowest BCUT2D eigenvalue weighted by Crippen LogP contribution is -2.10. The highest BCUT2D eigenvalue weighted by molar-refractivity contribution is 7.19. The van der Waals surface area contributed by atoms with Gasteiger partial charge in [0.15, 0.2) is 5.13 Å². The highest BCUT2D eigenvalue weighted by Gasteiger charge is 2.10. The smallest absolute Gasteiger partial charge is 0.226 e. The summed E-state index contributed by atoms with van der Waals surface area (Å²) in [5.74, 6) is -0.257. The highest BCUT2D eigenvalue weighted by atomic mass is 32.1. The average Bonchev–Trinajstić information content (AvgIpc) is 3.16. The Bertz CT molecular complexity index is 825. The van der Waals surface area contributed by atoms with E-state index in [0.29, 0.717) is 11.6 Å². The first-order chi connectivity index (χ1) is 11.2. The zero-order valence-electron chi connectivity index (χ0n) is 12.5. The molecule has 0 radical (unpaired) electrons. The molecule has 3 aromatic rings. The molecule has 118 valence electrons. The number of amides is 1. The zero-order valence-corrected chi connectivity index (χ0v) is 14.1. The molecular formula is C17H15FN2OS2. The Kier molecular flexibility index (Phi) is 4.83. The lowest BCUT2D eigenvalue weighted by molar-refractivity contribution is -0.116. The topological polar surface area (TPSA) is 42.0 Å². The van der Waals surface area contributed by atoms with Gasteiger partial charge < -0.3 is 5.32 Å². The summed E-state index contributed by atoms with van der Waals surface area (Å²) < 4.78 is 13.3. The van der Waals surface area contributed by atoms with Crippen molar-refractivity contribution in [3.63, 3.8) is 0 Å². The van der Waals surface area contributed by atoms with E-state index < -0.39 is 0 Å². The Hall–Kier alpha value is -2.05. The maximum Gasteiger partial charge on any atom is 0.226 e. The van der Waals surface area contributed by atoms with Crippen molar-refractivity contribution in [1.29, 1.82) is 0 Å². The molecule has 23 heavy (non-hydrogen) atoms. The van der Waals surface area contributed by atoms with E-state index in [1.807, 2.05) is 30.5 Å². The molecule has 3 nitrogen and oxygen atoms in total. The molecule has 1 amide bonds. The highest BCUT2D eigenvalue weighted by Crippen LogP contribution is 2.35. The number of hydrogen-bond acceptors (Lipinski definition) is 4. The van der Waals surface area contributed by atoms with Crippen molar-refractivity contribution >= 4 is 33.7 Å². The molecule has 0 fully saturated rings. The van der Waals surface area contributed by atoms with Crippen LogP contribution in [-0.4, -0.2) is 10.9 Å². The van der Waals surface area contributed by atoms with Crippen LogP contribution in [0.15, 0.2) is 41.8 Å². The molecule has 6 heteroatoms. The second kappa shape index (κ2) is 7.02. The van der Waals surface area contributed by atoms with Crippen molar-refractivity contribution in [3.05, 3.63) is 47.6 Å². The average molecular weight is 346 g/mol. The molecule has 0 aliphatic rings. The van der Waals surface area contributed by atoms with E-state index in [1.54, 1.807) is 17.4 Å². The third kappa shape index (κ3) is 3.83. The Labute approximate surface area is 141 Å². The number of carbonyl (C=O) groups is 1. The van der Waals surface area contributed by atoms with Crippen molar-refractivity contribution in [2.75, 3.05) is 5.32 Å². The fourth-order valence-corrected chi connectivity index (χ4v) is 3.89. The van der Waals surface area contributed by atoms with Crippen LogP contribution in [0.3, 0.4) is 0 Å². The maximum absolute atomic E-state index is 13.3. The molecule has 0 saturated carbocycles. The quantitative estimate of drug-likeness (QED) is 0.670. The number of nitrogens with one attached hydrogen (secondary N) is 1. The largest absolute Gasteiger partial charge is 0.302 e. The van der Waals surface area contributed by atoms with Gasteiger partial charge in [-0.2, -0.15) is 0 Å². The fraction of sp³-hybridized carbons (Fsp3) is 0.176. The molecule has 3 rings (SSSR count). The van der Waals surface area contributed by atoms with Gasteiger partial charge in [0.2, 0.25) is 5.91 Å². The second-order valence-corrected chi connectivity index (χ2v) is 6.95. The molecule has 2 heterocycles. The number of nitrogens with zero attached hydrogens (tertiary/aromatic N) is 1. The minimum absolute atomic E-state index is 0.0139. The maximum atomic E-state index is 13.3. The van der Waals surface area contributed by atoms with Gasteiger partial charge in [0.25, 0.3) is 0 Å². The van der Waals surface area contributed by atoms with Crippen LogP contribution in [-0.2, 0) is 4.79 Å². The third-order valence-corrected chi connectivity index (χ3v) is 5.11. The van der Waals surface area contributed by atoms with Crippen LogP contribution in [0.5, 0.6) is 0 Å². The van der Waals surface area contributed by atoms with Crippen LogP contribution in [0.4, 0.5) is 9.52 Å². The molecule has 0 saturated heterocycles. The van der Waals surface area contributed by atoms with Crippen LogP contribution in [0.2, 0.25) is 0 Å². The predicted molar refractivity (Wildman–Crippen MR) is 94.4 cm³/mol. The second-order valence-electron chi connectivity index (χ2n) is 5.01. The van der Waals surface area contributed by atoms with Crippen molar-refractivity contribution in [3.8, 4) is 21.0 Å². The first kappa shape index (κ1) is 15.8. The van der Waals surface area contributed by atoms with Crippen LogP contribution >= 0.6 is 22.7 Å². The number of benzene rings is 1. The summed E-state index contributed by atoms with van der Waals surface area (Å²) in [5.41, 5.74) is 1.68. The molecule has 1 N–H and O–H groups in total. The van der Waals surface area contributed by atoms with E-state index in [0.717, 1.165) is 27.4 Å². The first-order valence-electron chi connectivity index (χ1n) is 7.27. The van der Waals surface area contributed by atoms with E-state index >= 15 is 0 Å². The molecular weight excluding hydrogens is 331 g/mol. The summed E-state index contributed by atoms with van der Waals surface area (Å²) in [6.45, 7) is 1.96. The number of hydrogen-bond donors (Lipinski definition) is 1. The summed E-state index contributed by atoms with van der Waals surface area (Å²) in [7, 11) is 0. The lowest BCUT2D eigenvalue weighted by atomic mass is 10.2. The fourth-order valence-electron chi connectivity index (χ4n) is 2.13. The SMILES string of the molecule is CCCC(=O)Nc1nc(-c2ccc(-c3cccc(F)c3)s2)cs1. The van der Waals surface area contributed by atoms with Gasteiger partial charge in [0.1, 0.15) is 5.82 Å². The van der Waals surface area contributed by atoms with Gasteiger partial charge in [0.05, 0.1) is 10.6 Å². The number of carbonyl (C=O) groups excluding carboxylic acids is 1. The van der Waals surface area contributed by atoms with Crippen LogP contribution in [0, 0.1) is 5.82 Å². The Balaban J connectivity index is 1.78. The molecule has 0 atom stereocenters. The number of aromatic nitrogens is 1. The van der Waals surface area contributed by atoms with E-state index in [2.05, 4.69) is 10.3 Å². The van der Waals surface area contributed by atoms with Gasteiger partial charge in [-0.15, -0.1) is 22.7 Å². The normalized spacial score (nSPS) is 10.7. The van der Waals surface area contributed by atoms with Crippen molar-refractivity contribution in [2.24, 2.45) is 0 Å². The van der Waals surface area contributed by atoms with E-state index in [9.17, 15) is 9.18 Å². The van der Waals surface area contributed by atoms with Crippen molar-refractivity contribution in [1.82, 2.24) is 4.98 Å². The van der Waals surface area contributed by atoms with Crippen LogP contribution in [0.25, 0.3) is 21.0 Å². The molecule has 0 aliphatic heterocycles.